The molecule has 3 rings (SSSR count). The Morgan fingerprint density at radius 1 is 1.06 bits per heavy atom. The van der Waals surface area contributed by atoms with E-state index in [1.807, 2.05) is 24.3 Å². The topological polar surface area (TPSA) is 40.5 Å². The van der Waals surface area contributed by atoms with Gasteiger partial charge in [-0.25, -0.2) is 0 Å². The van der Waals surface area contributed by atoms with Gasteiger partial charge in [0.2, 0.25) is 0 Å². The van der Waals surface area contributed by atoms with E-state index >= 15 is 0 Å². The van der Waals surface area contributed by atoms with E-state index in [-0.39, 0.29) is 6.61 Å². The highest BCUT2D eigenvalue weighted by Gasteiger charge is 2.25. The van der Waals surface area contributed by atoms with E-state index in [0.717, 1.165) is 12.0 Å². The minimum Gasteiger partial charge on any atom is -0.393 e. The van der Waals surface area contributed by atoms with Crippen molar-refractivity contribution < 1.29 is 10.2 Å². The predicted octanol–water partition coefficient (Wildman–Crippen LogP) is 2.46. The second-order valence-electron chi connectivity index (χ2n) is 5.14. The number of aliphatic hydroxyl groups excluding tert-OH is 1. The molecule has 2 nitrogen and oxygen atoms in total. The molecule has 0 heterocycles. The van der Waals surface area contributed by atoms with E-state index in [4.69, 9.17) is 0 Å². The van der Waals surface area contributed by atoms with Gasteiger partial charge >= 0.3 is 0 Å². The molecule has 0 radical (unpaired) electrons. The molecule has 18 heavy (non-hydrogen) atoms. The summed E-state index contributed by atoms with van der Waals surface area (Å²) in [6.45, 7) is 1.37. The summed E-state index contributed by atoms with van der Waals surface area (Å²) >= 11 is 0. The van der Waals surface area contributed by atoms with Crippen molar-refractivity contribution in [2.75, 3.05) is 6.61 Å². The van der Waals surface area contributed by atoms with Gasteiger partial charge in [-0.1, -0.05) is 42.5 Å². The Morgan fingerprint density at radius 3 is 2.56 bits per heavy atom. The summed E-state index contributed by atoms with van der Waals surface area (Å²) in [5, 5.41) is 19.3. The van der Waals surface area contributed by atoms with Crippen LogP contribution in [0.1, 0.15) is 23.6 Å². The van der Waals surface area contributed by atoms with Crippen molar-refractivity contribution >= 4 is 0 Å². The van der Waals surface area contributed by atoms with Crippen LogP contribution >= 0.6 is 0 Å². The molecule has 2 aromatic carbocycles. The maximum Gasteiger partial charge on any atom is 0.110 e. The monoisotopic (exact) mass is 240 g/mol. The summed E-state index contributed by atoms with van der Waals surface area (Å²) in [5.41, 5.74) is 4.68. The predicted molar refractivity (Wildman–Crippen MR) is 71.3 cm³/mol. The van der Waals surface area contributed by atoms with Gasteiger partial charge in [-0.3, -0.25) is 0 Å². The molecule has 0 aromatic heterocycles. The Bertz CT molecular complexity index is 600. The van der Waals surface area contributed by atoms with Crippen molar-refractivity contribution in [1.82, 2.24) is 0 Å². The van der Waals surface area contributed by atoms with Crippen molar-refractivity contribution in [3.05, 3.63) is 59.2 Å². The Hall–Kier alpha value is -1.64. The van der Waals surface area contributed by atoms with Gasteiger partial charge < -0.3 is 10.2 Å². The van der Waals surface area contributed by atoms with Crippen molar-refractivity contribution in [2.24, 2.45) is 0 Å². The summed E-state index contributed by atoms with van der Waals surface area (Å²) in [6, 6.07) is 14.3. The van der Waals surface area contributed by atoms with Gasteiger partial charge in [-0.15, -0.1) is 0 Å². The summed E-state index contributed by atoms with van der Waals surface area (Å²) in [7, 11) is 0. The first-order chi connectivity index (χ1) is 8.62. The lowest BCUT2D eigenvalue weighted by Crippen LogP contribution is -2.25. The van der Waals surface area contributed by atoms with Gasteiger partial charge in [0.25, 0.3) is 0 Å². The standard InChI is InChI=1S/C16H16O2/c1-16(18,10-17)13-6-7-15-12(9-13)8-11-4-2-3-5-14(11)15/h2-7,9,17-18H,8,10H2,1H3/t16-/m1/s1. The molecule has 0 bridgehead atoms. The summed E-state index contributed by atoms with van der Waals surface area (Å²) in [5.74, 6) is 0. The van der Waals surface area contributed by atoms with Crippen LogP contribution < -0.4 is 0 Å². The lowest BCUT2D eigenvalue weighted by Gasteiger charge is -2.21. The molecule has 1 aliphatic carbocycles. The van der Waals surface area contributed by atoms with E-state index < -0.39 is 5.60 Å². The van der Waals surface area contributed by atoms with Crippen LogP contribution in [-0.2, 0) is 12.0 Å². The van der Waals surface area contributed by atoms with Gasteiger partial charge in [-0.2, -0.15) is 0 Å². The fourth-order valence-electron chi connectivity index (χ4n) is 2.57. The first-order valence-electron chi connectivity index (χ1n) is 6.17. The van der Waals surface area contributed by atoms with E-state index in [9.17, 15) is 10.2 Å². The number of hydrogen-bond acceptors (Lipinski definition) is 2. The van der Waals surface area contributed by atoms with Gasteiger partial charge in [0.15, 0.2) is 0 Å². The van der Waals surface area contributed by atoms with Crippen LogP contribution in [0.25, 0.3) is 11.1 Å². The molecular formula is C16H16O2. The number of benzene rings is 2. The van der Waals surface area contributed by atoms with Gasteiger partial charge in [0, 0.05) is 0 Å². The summed E-state index contributed by atoms with van der Waals surface area (Å²) in [6.07, 6.45) is 0.904. The van der Waals surface area contributed by atoms with Crippen LogP contribution in [0.2, 0.25) is 0 Å². The second-order valence-corrected chi connectivity index (χ2v) is 5.14. The zero-order valence-electron chi connectivity index (χ0n) is 10.4. The Morgan fingerprint density at radius 2 is 1.78 bits per heavy atom. The smallest absolute Gasteiger partial charge is 0.110 e. The normalized spacial score (nSPS) is 15.9. The highest BCUT2D eigenvalue weighted by molar-refractivity contribution is 5.77. The van der Waals surface area contributed by atoms with Gasteiger partial charge in [0.05, 0.1) is 6.61 Å². The SMILES string of the molecule is C[C@@](O)(CO)c1ccc2c(c1)Cc1ccccc1-2. The molecule has 2 N–H and O–H groups in total. The van der Waals surface area contributed by atoms with E-state index in [1.165, 1.54) is 22.3 Å². The third-order valence-electron chi connectivity index (χ3n) is 3.72. The lowest BCUT2D eigenvalue weighted by molar-refractivity contribution is -0.00231. The molecule has 0 amide bonds. The van der Waals surface area contributed by atoms with E-state index in [1.54, 1.807) is 6.92 Å². The van der Waals surface area contributed by atoms with Crippen LogP contribution in [0, 0.1) is 0 Å². The quantitative estimate of drug-likeness (QED) is 0.722. The summed E-state index contributed by atoms with van der Waals surface area (Å²) < 4.78 is 0. The second kappa shape index (κ2) is 3.94. The van der Waals surface area contributed by atoms with Crippen LogP contribution in [0.15, 0.2) is 42.5 Å². The minimum absolute atomic E-state index is 0.265. The summed E-state index contributed by atoms with van der Waals surface area (Å²) in [4.78, 5) is 0. The molecule has 1 atom stereocenters. The van der Waals surface area contributed by atoms with Gasteiger partial charge in [-0.05, 0) is 41.2 Å². The zero-order valence-corrected chi connectivity index (χ0v) is 10.4. The van der Waals surface area contributed by atoms with Crippen molar-refractivity contribution in [3.63, 3.8) is 0 Å². The molecule has 0 saturated heterocycles. The van der Waals surface area contributed by atoms with Crippen LogP contribution in [-0.4, -0.2) is 16.8 Å². The average Bonchev–Trinajstić information content (AvgIpc) is 2.76. The third-order valence-corrected chi connectivity index (χ3v) is 3.72. The number of hydrogen-bond donors (Lipinski definition) is 2. The molecule has 0 spiro atoms. The van der Waals surface area contributed by atoms with Crippen molar-refractivity contribution in [2.45, 2.75) is 18.9 Å². The van der Waals surface area contributed by atoms with Crippen molar-refractivity contribution in [3.8, 4) is 11.1 Å². The molecule has 0 fully saturated rings. The lowest BCUT2D eigenvalue weighted by atomic mass is 9.93. The maximum atomic E-state index is 10.1. The molecule has 1 aliphatic rings. The average molecular weight is 240 g/mol. The van der Waals surface area contributed by atoms with Crippen LogP contribution in [0.4, 0.5) is 0 Å². The Balaban J connectivity index is 2.09. The Kier molecular flexibility index (Phi) is 2.51. The minimum atomic E-state index is -1.16. The Labute approximate surface area is 107 Å². The molecular weight excluding hydrogens is 224 g/mol. The third kappa shape index (κ3) is 1.65. The van der Waals surface area contributed by atoms with Crippen LogP contribution in [0.3, 0.4) is 0 Å². The van der Waals surface area contributed by atoms with E-state index in [2.05, 4.69) is 18.2 Å². The zero-order chi connectivity index (χ0) is 12.8. The number of aliphatic hydroxyl groups is 2. The van der Waals surface area contributed by atoms with Crippen molar-refractivity contribution in [1.29, 1.82) is 0 Å². The highest BCUT2D eigenvalue weighted by atomic mass is 16.3. The molecule has 0 saturated carbocycles. The molecule has 0 unspecified atom stereocenters. The first-order valence-corrected chi connectivity index (χ1v) is 6.17. The fraction of sp³-hybridized carbons (Fsp3) is 0.250. The fourth-order valence-corrected chi connectivity index (χ4v) is 2.57. The largest absolute Gasteiger partial charge is 0.393 e. The first kappa shape index (κ1) is 11.5. The van der Waals surface area contributed by atoms with Gasteiger partial charge in [0.1, 0.15) is 5.60 Å². The van der Waals surface area contributed by atoms with Crippen LogP contribution in [0.5, 0.6) is 0 Å². The molecule has 2 aromatic rings. The number of fused-ring (bicyclic) bond motifs is 3. The molecule has 0 aliphatic heterocycles. The molecule has 92 valence electrons. The van der Waals surface area contributed by atoms with E-state index in [0.29, 0.717) is 0 Å². The number of rotatable bonds is 2. The highest BCUT2D eigenvalue weighted by Crippen LogP contribution is 2.38. The molecule has 2 heteroatoms. The maximum absolute atomic E-state index is 10.1.